The van der Waals surface area contributed by atoms with Crippen LogP contribution in [0.2, 0.25) is 10.0 Å². The number of allylic oxidation sites excluding steroid dienone is 2. The predicted octanol–water partition coefficient (Wildman–Crippen LogP) is 4.28. The first-order chi connectivity index (χ1) is 7.63. The van der Waals surface area contributed by atoms with Crippen LogP contribution in [-0.4, -0.2) is 7.11 Å². The van der Waals surface area contributed by atoms with E-state index in [1.165, 1.54) is 0 Å². The second kappa shape index (κ2) is 5.79. The first kappa shape index (κ1) is 12.9. The van der Waals surface area contributed by atoms with Crippen LogP contribution in [0.4, 0.5) is 0 Å². The number of hydrogen-bond donors (Lipinski definition) is 0. The third kappa shape index (κ3) is 2.69. The topological polar surface area (TPSA) is 33.0 Å². The second-order valence-electron chi connectivity index (χ2n) is 3.09. The molecule has 0 aliphatic carbocycles. The molecule has 16 heavy (non-hydrogen) atoms. The Hall–Kier alpha value is -1.17. The second-order valence-corrected chi connectivity index (χ2v) is 3.94. The van der Waals surface area contributed by atoms with Gasteiger partial charge in [-0.05, 0) is 12.1 Å². The van der Waals surface area contributed by atoms with E-state index < -0.39 is 0 Å². The molecular formula is C12H11Cl2NO. The van der Waals surface area contributed by atoms with Crippen molar-refractivity contribution in [1.82, 2.24) is 0 Å². The summed E-state index contributed by atoms with van der Waals surface area (Å²) in [7, 11) is 1.54. The minimum absolute atomic E-state index is 0.451. The minimum Gasteiger partial charge on any atom is -0.500 e. The van der Waals surface area contributed by atoms with Gasteiger partial charge >= 0.3 is 0 Å². The number of hydrogen-bond acceptors (Lipinski definition) is 2. The highest BCUT2D eigenvalue weighted by Crippen LogP contribution is 2.29. The Morgan fingerprint density at radius 3 is 2.56 bits per heavy atom. The normalized spacial score (nSPS) is 11.7. The lowest BCUT2D eigenvalue weighted by Crippen LogP contribution is -1.93. The van der Waals surface area contributed by atoms with E-state index >= 15 is 0 Å². The number of benzene rings is 1. The van der Waals surface area contributed by atoms with Crippen molar-refractivity contribution in [3.63, 3.8) is 0 Å². The molecule has 0 atom stereocenters. The van der Waals surface area contributed by atoms with Gasteiger partial charge in [0.05, 0.1) is 17.7 Å². The van der Waals surface area contributed by atoms with Crippen molar-refractivity contribution in [2.75, 3.05) is 7.11 Å². The maximum absolute atomic E-state index is 9.13. The van der Waals surface area contributed by atoms with Crippen LogP contribution in [-0.2, 0) is 4.74 Å². The van der Waals surface area contributed by atoms with Gasteiger partial charge < -0.3 is 4.74 Å². The molecule has 0 unspecified atom stereocenters. The molecule has 4 heteroatoms. The summed E-state index contributed by atoms with van der Waals surface area (Å²) in [5, 5.41) is 10.1. The van der Waals surface area contributed by atoms with Gasteiger partial charge in [-0.3, -0.25) is 0 Å². The van der Waals surface area contributed by atoms with Crippen molar-refractivity contribution in [3.05, 3.63) is 39.6 Å². The van der Waals surface area contributed by atoms with E-state index in [2.05, 4.69) is 6.07 Å². The van der Waals surface area contributed by atoms with Crippen LogP contribution in [0.5, 0.6) is 0 Å². The van der Waals surface area contributed by atoms with Crippen LogP contribution in [0, 0.1) is 11.3 Å². The average molecular weight is 256 g/mol. The number of rotatable bonds is 3. The molecule has 84 valence electrons. The molecule has 0 saturated carbocycles. The lowest BCUT2D eigenvalue weighted by Gasteiger charge is -2.08. The fourth-order valence-electron chi connectivity index (χ4n) is 1.39. The van der Waals surface area contributed by atoms with Crippen LogP contribution >= 0.6 is 23.2 Å². The zero-order valence-corrected chi connectivity index (χ0v) is 10.6. The molecule has 0 heterocycles. The molecule has 0 spiro atoms. The van der Waals surface area contributed by atoms with Gasteiger partial charge in [0, 0.05) is 17.0 Å². The maximum atomic E-state index is 9.13. The highest BCUT2D eigenvalue weighted by Gasteiger charge is 2.12. The van der Waals surface area contributed by atoms with E-state index in [1.54, 1.807) is 25.3 Å². The molecule has 1 rings (SSSR count). The Morgan fingerprint density at radius 2 is 2.12 bits per heavy atom. The van der Waals surface area contributed by atoms with Crippen molar-refractivity contribution in [1.29, 1.82) is 5.26 Å². The molecule has 0 fully saturated rings. The molecule has 0 saturated heterocycles. The highest BCUT2D eigenvalue weighted by atomic mass is 35.5. The summed E-state index contributed by atoms with van der Waals surface area (Å²) in [5.41, 5.74) is 1.10. The van der Waals surface area contributed by atoms with Gasteiger partial charge in [-0.2, -0.15) is 5.26 Å². The van der Waals surface area contributed by atoms with Crippen molar-refractivity contribution < 1.29 is 4.74 Å². The van der Waals surface area contributed by atoms with E-state index in [4.69, 9.17) is 33.2 Å². The van der Waals surface area contributed by atoms with Crippen molar-refractivity contribution >= 4 is 28.8 Å². The van der Waals surface area contributed by atoms with Gasteiger partial charge in [-0.25, -0.2) is 0 Å². The van der Waals surface area contributed by atoms with Crippen LogP contribution in [0.25, 0.3) is 5.57 Å². The monoisotopic (exact) mass is 255 g/mol. The molecule has 0 radical (unpaired) electrons. The summed E-state index contributed by atoms with van der Waals surface area (Å²) in [5.74, 6) is 0.617. The van der Waals surface area contributed by atoms with E-state index in [9.17, 15) is 0 Å². The van der Waals surface area contributed by atoms with Crippen molar-refractivity contribution in [2.45, 2.75) is 13.3 Å². The van der Waals surface area contributed by atoms with E-state index in [0.717, 1.165) is 0 Å². The molecule has 0 bridgehead atoms. The first-order valence-corrected chi connectivity index (χ1v) is 5.52. The molecule has 0 aromatic heterocycles. The Bertz CT molecular complexity index is 455. The van der Waals surface area contributed by atoms with Crippen molar-refractivity contribution in [2.24, 2.45) is 0 Å². The molecule has 0 N–H and O–H groups in total. The average Bonchev–Trinajstić information content (AvgIpc) is 2.27. The van der Waals surface area contributed by atoms with Crippen LogP contribution in [0.3, 0.4) is 0 Å². The fraction of sp³-hybridized carbons (Fsp3) is 0.250. The molecular weight excluding hydrogens is 245 g/mol. The minimum atomic E-state index is 0.451. The van der Waals surface area contributed by atoms with E-state index in [1.807, 2.05) is 6.92 Å². The molecule has 0 aliphatic heterocycles. The Balaban J connectivity index is 3.36. The summed E-state index contributed by atoms with van der Waals surface area (Å²) in [6.45, 7) is 1.92. The lowest BCUT2D eigenvalue weighted by molar-refractivity contribution is 0.283. The smallest absolute Gasteiger partial charge is 0.114 e. The summed E-state index contributed by atoms with van der Waals surface area (Å²) in [4.78, 5) is 0. The standard InChI is InChI=1S/C12H11Cl2NO/c1-3-12(16-2)10(7-15)9-5-4-8(13)6-11(9)14/h4-6H,3H2,1-2H3/b12-10+. The van der Waals surface area contributed by atoms with Crippen molar-refractivity contribution in [3.8, 4) is 6.07 Å². The summed E-state index contributed by atoms with van der Waals surface area (Å²) >= 11 is 11.8. The maximum Gasteiger partial charge on any atom is 0.114 e. The zero-order valence-electron chi connectivity index (χ0n) is 9.05. The third-order valence-corrected chi connectivity index (χ3v) is 2.71. The molecule has 1 aromatic rings. The van der Waals surface area contributed by atoms with Gasteiger partial charge in [0.2, 0.25) is 0 Å². The van der Waals surface area contributed by atoms with Gasteiger partial charge in [0.15, 0.2) is 0 Å². The summed E-state index contributed by atoms with van der Waals surface area (Å²) in [6, 6.07) is 7.14. The summed E-state index contributed by atoms with van der Waals surface area (Å²) in [6.07, 6.45) is 0.637. The quantitative estimate of drug-likeness (QED) is 0.597. The van der Waals surface area contributed by atoms with Gasteiger partial charge in [0.1, 0.15) is 11.8 Å². The highest BCUT2D eigenvalue weighted by molar-refractivity contribution is 6.35. The van der Waals surface area contributed by atoms with Crippen LogP contribution in [0.15, 0.2) is 24.0 Å². The zero-order chi connectivity index (χ0) is 12.1. The molecule has 0 amide bonds. The van der Waals surface area contributed by atoms with E-state index in [-0.39, 0.29) is 0 Å². The molecule has 0 aliphatic rings. The van der Waals surface area contributed by atoms with Gasteiger partial charge in [0.25, 0.3) is 0 Å². The third-order valence-electron chi connectivity index (χ3n) is 2.16. The fourth-order valence-corrected chi connectivity index (χ4v) is 1.89. The number of ether oxygens (including phenoxy) is 1. The Kier molecular flexibility index (Phi) is 4.67. The predicted molar refractivity (Wildman–Crippen MR) is 66.3 cm³/mol. The SMILES string of the molecule is CC/C(OC)=C(/C#N)c1ccc(Cl)cc1Cl. The molecule has 1 aromatic carbocycles. The van der Waals surface area contributed by atoms with E-state index in [0.29, 0.717) is 33.4 Å². The largest absolute Gasteiger partial charge is 0.500 e. The van der Waals surface area contributed by atoms with Gasteiger partial charge in [-0.15, -0.1) is 0 Å². The van der Waals surface area contributed by atoms with Crippen LogP contribution in [0.1, 0.15) is 18.9 Å². The summed E-state index contributed by atoms with van der Waals surface area (Å²) < 4.78 is 5.16. The van der Waals surface area contributed by atoms with Gasteiger partial charge in [-0.1, -0.05) is 36.2 Å². The first-order valence-electron chi connectivity index (χ1n) is 4.76. The Labute approximate surface area is 105 Å². The lowest BCUT2D eigenvalue weighted by atomic mass is 10.0. The number of nitrogens with zero attached hydrogens (tertiary/aromatic N) is 1. The molecule has 2 nitrogen and oxygen atoms in total. The Morgan fingerprint density at radius 1 is 1.44 bits per heavy atom. The number of methoxy groups -OCH3 is 1. The van der Waals surface area contributed by atoms with Crippen LogP contribution < -0.4 is 0 Å². The number of nitriles is 1. The number of halogens is 2.